The van der Waals surface area contributed by atoms with Crippen LogP contribution in [0.25, 0.3) is 0 Å². The van der Waals surface area contributed by atoms with Crippen LogP contribution in [0.2, 0.25) is 0 Å². The second kappa shape index (κ2) is 16.2. The Balaban J connectivity index is 0.00000242. The predicted octanol–water partition coefficient (Wildman–Crippen LogP) is 5.37. The van der Waals surface area contributed by atoms with E-state index in [9.17, 15) is 19.2 Å². The van der Waals surface area contributed by atoms with E-state index < -0.39 is 11.9 Å². The summed E-state index contributed by atoms with van der Waals surface area (Å²) in [5.74, 6) is -1.73. The molecule has 0 spiro atoms. The molecule has 0 N–H and O–H groups in total. The second-order valence-corrected chi connectivity index (χ2v) is 11.0. The minimum atomic E-state index is -0.508. The van der Waals surface area contributed by atoms with Gasteiger partial charge in [-0.2, -0.15) is 0 Å². The van der Waals surface area contributed by atoms with Gasteiger partial charge in [-0.15, -0.1) is 24.8 Å². The zero-order valence-corrected chi connectivity index (χ0v) is 25.6. The predicted molar refractivity (Wildman–Crippen MR) is 165 cm³/mol. The normalized spacial score (nSPS) is 16.9. The molecule has 0 atom stereocenters. The summed E-state index contributed by atoms with van der Waals surface area (Å²) in [5, 5.41) is 0. The highest BCUT2D eigenvalue weighted by Crippen LogP contribution is 2.29. The molecule has 0 aromatic heterocycles. The highest BCUT2D eigenvalue weighted by atomic mass is 35.5. The molecule has 3 aliphatic rings. The van der Waals surface area contributed by atoms with Gasteiger partial charge >= 0.3 is 11.9 Å². The van der Waals surface area contributed by atoms with Crippen molar-refractivity contribution in [2.24, 2.45) is 0 Å². The standard InChI is InChI=1S/C32H38N2O6.2ClH/c35-29-26-12-10-24(32(38)40-20-8-18-34-15-5-2-6-16-34)22-28(26)30(36)25-11-9-23(21-27(25)29)31(37)39-19-7-17-33-13-3-1-4-14-33;;/h9-12,21-22H,1-8,13-20H2;2*1H. The fourth-order valence-corrected chi connectivity index (χ4v) is 5.84. The van der Waals surface area contributed by atoms with Crippen molar-refractivity contribution in [2.45, 2.75) is 51.4 Å². The minimum Gasteiger partial charge on any atom is -0.462 e. The smallest absolute Gasteiger partial charge is 0.338 e. The number of carbonyl (C=O) groups is 4. The Bertz CT molecular complexity index is 1170. The molecule has 2 fully saturated rings. The largest absolute Gasteiger partial charge is 0.462 e. The van der Waals surface area contributed by atoms with Crippen LogP contribution < -0.4 is 0 Å². The molecule has 2 aromatic rings. The van der Waals surface area contributed by atoms with Crippen molar-refractivity contribution in [1.29, 1.82) is 0 Å². The van der Waals surface area contributed by atoms with Crippen LogP contribution in [0.5, 0.6) is 0 Å². The van der Waals surface area contributed by atoms with Gasteiger partial charge in [0.2, 0.25) is 0 Å². The number of esters is 2. The van der Waals surface area contributed by atoms with E-state index in [0.717, 1.165) is 52.1 Å². The van der Waals surface area contributed by atoms with E-state index in [0.29, 0.717) is 13.2 Å². The third-order valence-corrected chi connectivity index (χ3v) is 8.09. The van der Waals surface area contributed by atoms with Crippen LogP contribution in [0.15, 0.2) is 36.4 Å². The van der Waals surface area contributed by atoms with Crippen molar-refractivity contribution in [3.63, 3.8) is 0 Å². The van der Waals surface area contributed by atoms with Gasteiger partial charge in [-0.25, -0.2) is 9.59 Å². The highest BCUT2D eigenvalue weighted by Gasteiger charge is 2.31. The Morgan fingerprint density at radius 1 is 0.571 bits per heavy atom. The van der Waals surface area contributed by atoms with Gasteiger partial charge in [0.15, 0.2) is 11.6 Å². The lowest BCUT2D eigenvalue weighted by molar-refractivity contribution is 0.0476. The van der Waals surface area contributed by atoms with E-state index in [2.05, 4.69) is 9.80 Å². The van der Waals surface area contributed by atoms with Crippen molar-refractivity contribution < 1.29 is 28.7 Å². The quantitative estimate of drug-likeness (QED) is 0.221. The van der Waals surface area contributed by atoms with Crippen LogP contribution in [-0.2, 0) is 9.47 Å². The molecule has 8 nitrogen and oxygen atoms in total. The Kier molecular flexibility index (Phi) is 13.0. The van der Waals surface area contributed by atoms with Crippen LogP contribution in [-0.4, -0.2) is 85.8 Å². The lowest BCUT2D eigenvalue weighted by atomic mass is 9.82. The maximum absolute atomic E-state index is 13.3. The minimum absolute atomic E-state index is 0. The van der Waals surface area contributed by atoms with Crippen molar-refractivity contribution in [3.05, 3.63) is 69.8 Å². The fraction of sp³-hybridized carbons (Fsp3) is 0.500. The van der Waals surface area contributed by atoms with Crippen LogP contribution >= 0.6 is 24.8 Å². The number of hydrogen-bond donors (Lipinski definition) is 0. The van der Waals surface area contributed by atoms with Crippen molar-refractivity contribution >= 4 is 48.3 Å². The van der Waals surface area contributed by atoms with E-state index in [-0.39, 0.29) is 69.8 Å². The van der Waals surface area contributed by atoms with Crippen molar-refractivity contribution in [3.8, 4) is 0 Å². The van der Waals surface area contributed by atoms with Gasteiger partial charge in [0.1, 0.15) is 0 Å². The number of ether oxygens (including phenoxy) is 2. The van der Waals surface area contributed by atoms with Gasteiger partial charge in [-0.05, 0) is 101 Å². The zero-order valence-electron chi connectivity index (χ0n) is 23.9. The van der Waals surface area contributed by atoms with Gasteiger partial charge in [0.25, 0.3) is 0 Å². The maximum Gasteiger partial charge on any atom is 0.338 e. The second-order valence-electron chi connectivity index (χ2n) is 11.0. The third kappa shape index (κ3) is 8.19. The molecule has 0 unspecified atom stereocenters. The summed E-state index contributed by atoms with van der Waals surface area (Å²) in [4.78, 5) is 56.6. The Labute approximate surface area is 259 Å². The van der Waals surface area contributed by atoms with E-state index in [1.807, 2.05) is 0 Å². The molecule has 0 amide bonds. The number of hydrogen-bond acceptors (Lipinski definition) is 8. The lowest BCUT2D eigenvalue weighted by Crippen LogP contribution is -2.31. The molecule has 0 radical (unpaired) electrons. The van der Waals surface area contributed by atoms with Crippen LogP contribution in [0.1, 0.15) is 104 Å². The maximum atomic E-state index is 13.3. The first-order chi connectivity index (χ1) is 19.5. The molecule has 2 heterocycles. The number of nitrogens with zero attached hydrogens (tertiary/aromatic N) is 2. The molecular formula is C32H40Cl2N2O6. The summed E-state index contributed by atoms with van der Waals surface area (Å²) in [6.07, 6.45) is 8.94. The molecule has 1 aliphatic carbocycles. The number of piperidine rings is 2. The lowest BCUT2D eigenvalue weighted by Gasteiger charge is -2.26. The molecule has 2 saturated heterocycles. The van der Waals surface area contributed by atoms with Gasteiger partial charge in [0, 0.05) is 35.3 Å². The van der Waals surface area contributed by atoms with Gasteiger partial charge in [-0.3, -0.25) is 9.59 Å². The van der Waals surface area contributed by atoms with E-state index >= 15 is 0 Å². The first kappa shape index (κ1) is 33.7. The van der Waals surface area contributed by atoms with Gasteiger partial charge < -0.3 is 19.3 Å². The van der Waals surface area contributed by atoms with Crippen LogP contribution in [0, 0.1) is 0 Å². The molecular weight excluding hydrogens is 579 g/mol. The summed E-state index contributed by atoms with van der Waals surface area (Å²) in [5.41, 5.74) is 1.26. The number of halogens is 2. The number of rotatable bonds is 10. The van der Waals surface area contributed by atoms with Crippen LogP contribution in [0.3, 0.4) is 0 Å². The molecule has 10 heteroatoms. The van der Waals surface area contributed by atoms with Gasteiger partial charge in [0.05, 0.1) is 24.3 Å². The molecule has 0 bridgehead atoms. The summed E-state index contributed by atoms with van der Waals surface area (Å²) in [7, 11) is 0. The van der Waals surface area contributed by atoms with E-state index in [1.165, 1.54) is 74.9 Å². The Morgan fingerprint density at radius 2 is 0.952 bits per heavy atom. The number of carbonyl (C=O) groups excluding carboxylic acids is 4. The van der Waals surface area contributed by atoms with Gasteiger partial charge in [-0.1, -0.05) is 12.8 Å². The van der Waals surface area contributed by atoms with Crippen molar-refractivity contribution in [2.75, 3.05) is 52.5 Å². The molecule has 42 heavy (non-hydrogen) atoms. The third-order valence-electron chi connectivity index (χ3n) is 8.09. The summed E-state index contributed by atoms with van der Waals surface area (Å²) in [6.45, 7) is 6.79. The summed E-state index contributed by atoms with van der Waals surface area (Å²) < 4.78 is 10.9. The number of likely N-dealkylation sites (tertiary alicyclic amines) is 2. The van der Waals surface area contributed by atoms with Crippen LogP contribution in [0.4, 0.5) is 0 Å². The average molecular weight is 620 g/mol. The first-order valence-corrected chi connectivity index (χ1v) is 14.7. The summed E-state index contributed by atoms with van der Waals surface area (Å²) >= 11 is 0. The highest BCUT2D eigenvalue weighted by molar-refractivity contribution is 6.29. The number of ketones is 2. The van der Waals surface area contributed by atoms with Crippen molar-refractivity contribution in [1.82, 2.24) is 9.80 Å². The zero-order chi connectivity index (χ0) is 27.9. The SMILES string of the molecule is Cl.Cl.O=C(OCCCN1CCCCC1)c1ccc2c(c1)C(=O)c1ccc(C(=O)OCCCN3CCCCC3)cc1C2=O. The fourth-order valence-electron chi connectivity index (χ4n) is 5.84. The molecule has 2 aliphatic heterocycles. The monoisotopic (exact) mass is 618 g/mol. The Morgan fingerprint density at radius 3 is 1.33 bits per heavy atom. The summed E-state index contributed by atoms with van der Waals surface area (Å²) in [6, 6.07) is 8.90. The number of fused-ring (bicyclic) bond motifs is 2. The number of benzene rings is 2. The van der Waals surface area contributed by atoms with E-state index in [1.54, 1.807) is 0 Å². The topological polar surface area (TPSA) is 93.2 Å². The van der Waals surface area contributed by atoms with E-state index in [4.69, 9.17) is 9.47 Å². The molecule has 2 aromatic carbocycles. The molecule has 5 rings (SSSR count). The average Bonchev–Trinajstić information content (AvgIpc) is 3.00. The molecule has 228 valence electrons. The molecule has 0 saturated carbocycles. The first-order valence-electron chi connectivity index (χ1n) is 14.7. The Hall–Kier alpha value is -2.78.